The van der Waals surface area contributed by atoms with Gasteiger partial charge in [0.05, 0.1) is 6.04 Å². The van der Waals surface area contributed by atoms with Gasteiger partial charge in [0.2, 0.25) is 0 Å². The average Bonchev–Trinajstić information content (AvgIpc) is 2.52. The van der Waals surface area contributed by atoms with Gasteiger partial charge in [-0.05, 0) is 25.0 Å². The van der Waals surface area contributed by atoms with Gasteiger partial charge in [-0.1, -0.05) is 60.2 Å². The standard InChI is InChI=1S/C18H23N3/c1-14-8-7-9-16(12-14)13-20-18(19-3)21-15(2)17-10-5-4-6-11-17/h4-12,15H,13H2,1-3H3,(H2,19,20,21). The van der Waals surface area contributed by atoms with Crippen LogP contribution in [0.15, 0.2) is 59.6 Å². The number of guanidine groups is 1. The first-order valence-electron chi connectivity index (χ1n) is 7.26. The molecular formula is C18H23N3. The lowest BCUT2D eigenvalue weighted by molar-refractivity contribution is 0.685. The van der Waals surface area contributed by atoms with Crippen LogP contribution in [0.2, 0.25) is 0 Å². The molecule has 0 amide bonds. The molecule has 0 saturated heterocycles. The molecule has 2 N–H and O–H groups in total. The van der Waals surface area contributed by atoms with E-state index in [2.05, 4.69) is 78.0 Å². The second-order valence-electron chi connectivity index (χ2n) is 5.19. The second kappa shape index (κ2) is 7.48. The summed E-state index contributed by atoms with van der Waals surface area (Å²) in [6.07, 6.45) is 0. The van der Waals surface area contributed by atoms with Crippen molar-refractivity contribution in [2.24, 2.45) is 4.99 Å². The van der Waals surface area contributed by atoms with Gasteiger partial charge in [0.15, 0.2) is 5.96 Å². The minimum atomic E-state index is 0.218. The smallest absolute Gasteiger partial charge is 0.191 e. The van der Waals surface area contributed by atoms with E-state index in [9.17, 15) is 0 Å². The molecule has 1 atom stereocenters. The maximum Gasteiger partial charge on any atom is 0.191 e. The van der Waals surface area contributed by atoms with Gasteiger partial charge in [-0.25, -0.2) is 0 Å². The van der Waals surface area contributed by atoms with Gasteiger partial charge in [-0.3, -0.25) is 4.99 Å². The Morgan fingerprint density at radius 1 is 1.10 bits per heavy atom. The van der Waals surface area contributed by atoms with E-state index in [1.165, 1.54) is 16.7 Å². The molecule has 3 nitrogen and oxygen atoms in total. The van der Waals surface area contributed by atoms with Crippen LogP contribution in [-0.4, -0.2) is 13.0 Å². The van der Waals surface area contributed by atoms with Crippen molar-refractivity contribution in [3.05, 3.63) is 71.3 Å². The van der Waals surface area contributed by atoms with Crippen LogP contribution in [0.4, 0.5) is 0 Å². The number of aliphatic imine (C=N–C) groups is 1. The summed E-state index contributed by atoms with van der Waals surface area (Å²) in [5.74, 6) is 0.813. The molecule has 0 saturated carbocycles. The number of nitrogens with zero attached hydrogens (tertiary/aromatic N) is 1. The Balaban J connectivity index is 1.92. The maximum atomic E-state index is 4.29. The minimum absolute atomic E-state index is 0.218. The van der Waals surface area contributed by atoms with Crippen LogP contribution in [-0.2, 0) is 6.54 Å². The highest BCUT2D eigenvalue weighted by Crippen LogP contribution is 2.10. The zero-order valence-corrected chi connectivity index (χ0v) is 12.9. The molecular weight excluding hydrogens is 258 g/mol. The highest BCUT2D eigenvalue weighted by molar-refractivity contribution is 5.80. The number of aryl methyl sites for hydroxylation is 1. The van der Waals surface area contributed by atoms with Crippen LogP contribution in [0.25, 0.3) is 0 Å². The third-order valence-corrected chi connectivity index (χ3v) is 3.42. The summed E-state index contributed by atoms with van der Waals surface area (Å²) >= 11 is 0. The van der Waals surface area contributed by atoms with Crippen molar-refractivity contribution in [3.63, 3.8) is 0 Å². The molecule has 0 aromatic heterocycles. The zero-order valence-electron chi connectivity index (χ0n) is 12.9. The van der Waals surface area contributed by atoms with Crippen LogP contribution in [0.5, 0.6) is 0 Å². The topological polar surface area (TPSA) is 36.4 Å². The van der Waals surface area contributed by atoms with Gasteiger partial charge in [-0.15, -0.1) is 0 Å². The van der Waals surface area contributed by atoms with E-state index in [-0.39, 0.29) is 6.04 Å². The Kier molecular flexibility index (Phi) is 5.38. The summed E-state index contributed by atoms with van der Waals surface area (Å²) in [7, 11) is 1.79. The third-order valence-electron chi connectivity index (χ3n) is 3.42. The number of nitrogens with one attached hydrogen (secondary N) is 2. The molecule has 2 rings (SSSR count). The van der Waals surface area contributed by atoms with Gasteiger partial charge in [0.25, 0.3) is 0 Å². The number of hydrogen-bond acceptors (Lipinski definition) is 1. The van der Waals surface area contributed by atoms with Gasteiger partial charge >= 0.3 is 0 Å². The first-order valence-corrected chi connectivity index (χ1v) is 7.26. The van der Waals surface area contributed by atoms with E-state index in [0.717, 1.165) is 12.5 Å². The molecule has 110 valence electrons. The lowest BCUT2D eigenvalue weighted by Crippen LogP contribution is -2.38. The largest absolute Gasteiger partial charge is 0.352 e. The van der Waals surface area contributed by atoms with Crippen LogP contribution in [0.3, 0.4) is 0 Å². The molecule has 2 aromatic carbocycles. The van der Waals surface area contributed by atoms with Crippen LogP contribution < -0.4 is 10.6 Å². The lowest BCUT2D eigenvalue weighted by Gasteiger charge is -2.18. The Morgan fingerprint density at radius 2 is 1.86 bits per heavy atom. The van der Waals surface area contributed by atoms with Crippen LogP contribution in [0.1, 0.15) is 29.7 Å². The van der Waals surface area contributed by atoms with Crippen molar-refractivity contribution in [1.82, 2.24) is 10.6 Å². The summed E-state index contributed by atoms with van der Waals surface area (Å²) in [6.45, 7) is 5.01. The fourth-order valence-electron chi connectivity index (χ4n) is 2.23. The number of rotatable bonds is 4. The fourth-order valence-corrected chi connectivity index (χ4v) is 2.23. The van der Waals surface area contributed by atoms with E-state index in [0.29, 0.717) is 0 Å². The lowest BCUT2D eigenvalue weighted by atomic mass is 10.1. The summed E-state index contributed by atoms with van der Waals surface area (Å²) in [5, 5.41) is 6.76. The molecule has 21 heavy (non-hydrogen) atoms. The molecule has 0 fully saturated rings. The highest BCUT2D eigenvalue weighted by Gasteiger charge is 2.06. The Bertz CT molecular complexity index is 590. The normalized spacial score (nSPS) is 12.8. The maximum absolute atomic E-state index is 4.29. The van der Waals surface area contributed by atoms with E-state index in [1.807, 2.05) is 6.07 Å². The SMILES string of the molecule is CN=C(NCc1cccc(C)c1)NC(C)c1ccccc1. The van der Waals surface area contributed by atoms with Crippen molar-refractivity contribution in [1.29, 1.82) is 0 Å². The molecule has 0 heterocycles. The predicted octanol–water partition coefficient (Wildman–Crippen LogP) is 3.42. The number of benzene rings is 2. The Labute approximate surface area is 127 Å². The van der Waals surface area contributed by atoms with Gasteiger partial charge in [0.1, 0.15) is 0 Å². The average molecular weight is 281 g/mol. The highest BCUT2D eigenvalue weighted by atomic mass is 15.2. The minimum Gasteiger partial charge on any atom is -0.352 e. The molecule has 0 aliphatic heterocycles. The van der Waals surface area contributed by atoms with Crippen molar-refractivity contribution in [2.75, 3.05) is 7.05 Å². The van der Waals surface area contributed by atoms with Gasteiger partial charge < -0.3 is 10.6 Å². The van der Waals surface area contributed by atoms with E-state index in [4.69, 9.17) is 0 Å². The van der Waals surface area contributed by atoms with Crippen molar-refractivity contribution < 1.29 is 0 Å². The summed E-state index contributed by atoms with van der Waals surface area (Å²) in [6, 6.07) is 19.1. The van der Waals surface area contributed by atoms with Gasteiger partial charge in [0, 0.05) is 13.6 Å². The molecule has 0 spiro atoms. The first-order chi connectivity index (χ1) is 10.2. The van der Waals surface area contributed by atoms with Crippen molar-refractivity contribution in [3.8, 4) is 0 Å². The Morgan fingerprint density at radius 3 is 2.52 bits per heavy atom. The Hall–Kier alpha value is -2.29. The van der Waals surface area contributed by atoms with Crippen LogP contribution in [0, 0.1) is 6.92 Å². The first kappa shape index (κ1) is 15.1. The monoisotopic (exact) mass is 281 g/mol. The fraction of sp³-hybridized carbons (Fsp3) is 0.278. The molecule has 3 heteroatoms. The summed E-state index contributed by atoms with van der Waals surface area (Å²) in [5.41, 5.74) is 3.77. The number of hydrogen-bond donors (Lipinski definition) is 2. The van der Waals surface area contributed by atoms with E-state index < -0.39 is 0 Å². The van der Waals surface area contributed by atoms with Crippen LogP contribution >= 0.6 is 0 Å². The van der Waals surface area contributed by atoms with Crippen molar-refractivity contribution >= 4 is 5.96 Å². The molecule has 1 unspecified atom stereocenters. The van der Waals surface area contributed by atoms with E-state index in [1.54, 1.807) is 7.05 Å². The summed E-state index contributed by atoms with van der Waals surface area (Å²) in [4.78, 5) is 4.29. The molecule has 0 bridgehead atoms. The molecule has 0 aliphatic carbocycles. The second-order valence-corrected chi connectivity index (χ2v) is 5.19. The van der Waals surface area contributed by atoms with Crippen molar-refractivity contribution in [2.45, 2.75) is 26.4 Å². The quantitative estimate of drug-likeness (QED) is 0.665. The predicted molar refractivity (Wildman–Crippen MR) is 89.4 cm³/mol. The zero-order chi connectivity index (χ0) is 15.1. The third kappa shape index (κ3) is 4.63. The summed E-state index contributed by atoms with van der Waals surface area (Å²) < 4.78 is 0. The van der Waals surface area contributed by atoms with Gasteiger partial charge in [-0.2, -0.15) is 0 Å². The molecule has 0 radical (unpaired) electrons. The molecule has 2 aromatic rings. The molecule has 0 aliphatic rings. The van der Waals surface area contributed by atoms with E-state index >= 15 is 0 Å².